The number of para-hydroxylation sites is 1. The van der Waals surface area contributed by atoms with E-state index in [1.165, 1.54) is 5.56 Å². The molecule has 0 bridgehead atoms. The number of anilines is 1. The predicted octanol–water partition coefficient (Wildman–Crippen LogP) is 4.36. The van der Waals surface area contributed by atoms with Crippen molar-refractivity contribution in [3.05, 3.63) is 71.3 Å². The maximum atomic E-state index is 12.1. The molecular weight excluding hydrogens is 272 g/mol. The summed E-state index contributed by atoms with van der Waals surface area (Å²) in [5, 5.41) is 11.9. The van der Waals surface area contributed by atoms with Gasteiger partial charge in [-0.2, -0.15) is 5.26 Å². The molecule has 0 heterocycles. The molecule has 0 radical (unpaired) electrons. The standard InChI is InChI=1S/C19H18N2O/c1-14(2)16-10-8-15(9-11-16)12-17(13-20)19(22)21-18-6-4-3-5-7-18/h3-12,14H,1-2H3,(H,21,22)/b17-12+. The monoisotopic (exact) mass is 290 g/mol. The van der Waals surface area contributed by atoms with Gasteiger partial charge in [-0.1, -0.05) is 56.3 Å². The fourth-order valence-corrected chi connectivity index (χ4v) is 2.01. The summed E-state index contributed by atoms with van der Waals surface area (Å²) in [6.45, 7) is 4.25. The van der Waals surface area contributed by atoms with Crippen molar-refractivity contribution in [2.75, 3.05) is 5.32 Å². The Bertz CT molecular complexity index is 707. The first-order chi connectivity index (χ1) is 10.6. The number of carbonyl (C=O) groups is 1. The van der Waals surface area contributed by atoms with Gasteiger partial charge in [0.2, 0.25) is 0 Å². The van der Waals surface area contributed by atoms with Crippen molar-refractivity contribution in [2.24, 2.45) is 0 Å². The van der Waals surface area contributed by atoms with E-state index in [1.807, 2.05) is 48.5 Å². The van der Waals surface area contributed by atoms with Crippen molar-refractivity contribution < 1.29 is 4.79 Å². The van der Waals surface area contributed by atoms with Crippen LogP contribution in [0.5, 0.6) is 0 Å². The first kappa shape index (κ1) is 15.5. The number of rotatable bonds is 4. The highest BCUT2D eigenvalue weighted by Gasteiger charge is 2.09. The van der Waals surface area contributed by atoms with E-state index in [0.717, 1.165) is 5.56 Å². The van der Waals surface area contributed by atoms with Gasteiger partial charge in [0.15, 0.2) is 0 Å². The number of amides is 1. The van der Waals surface area contributed by atoms with Crippen molar-refractivity contribution in [2.45, 2.75) is 19.8 Å². The molecule has 1 N–H and O–H groups in total. The minimum absolute atomic E-state index is 0.0844. The second-order valence-electron chi connectivity index (χ2n) is 5.31. The smallest absolute Gasteiger partial charge is 0.266 e. The molecule has 0 saturated heterocycles. The Morgan fingerprint density at radius 3 is 2.27 bits per heavy atom. The zero-order valence-electron chi connectivity index (χ0n) is 12.7. The molecule has 3 heteroatoms. The van der Waals surface area contributed by atoms with E-state index in [4.69, 9.17) is 0 Å². The molecular formula is C19H18N2O. The lowest BCUT2D eigenvalue weighted by Crippen LogP contribution is -2.13. The van der Waals surface area contributed by atoms with Gasteiger partial charge in [0.05, 0.1) is 0 Å². The molecule has 0 aliphatic heterocycles. The Labute approximate surface area is 130 Å². The topological polar surface area (TPSA) is 52.9 Å². The van der Waals surface area contributed by atoms with Crippen LogP contribution in [0.2, 0.25) is 0 Å². The average Bonchev–Trinajstić information content (AvgIpc) is 2.53. The Hall–Kier alpha value is -2.86. The van der Waals surface area contributed by atoms with Crippen molar-refractivity contribution in [3.63, 3.8) is 0 Å². The fraction of sp³-hybridized carbons (Fsp3) is 0.158. The number of hydrogen-bond donors (Lipinski definition) is 1. The Morgan fingerprint density at radius 1 is 1.09 bits per heavy atom. The van der Waals surface area contributed by atoms with Gasteiger partial charge in [-0.15, -0.1) is 0 Å². The van der Waals surface area contributed by atoms with Gasteiger partial charge in [-0.3, -0.25) is 4.79 Å². The summed E-state index contributed by atoms with van der Waals surface area (Å²) in [5.74, 6) is 0.0523. The van der Waals surface area contributed by atoms with E-state index in [1.54, 1.807) is 18.2 Å². The number of nitriles is 1. The molecule has 0 fully saturated rings. The first-order valence-corrected chi connectivity index (χ1v) is 7.18. The van der Waals surface area contributed by atoms with Crippen molar-refractivity contribution in [1.82, 2.24) is 0 Å². The summed E-state index contributed by atoms with van der Waals surface area (Å²) in [4.78, 5) is 12.1. The van der Waals surface area contributed by atoms with Crippen LogP contribution >= 0.6 is 0 Å². The third kappa shape index (κ3) is 4.07. The third-order valence-corrected chi connectivity index (χ3v) is 3.31. The average molecular weight is 290 g/mol. The molecule has 0 aromatic heterocycles. The lowest BCUT2D eigenvalue weighted by molar-refractivity contribution is -0.112. The van der Waals surface area contributed by atoms with E-state index < -0.39 is 5.91 Å². The van der Waals surface area contributed by atoms with Crippen molar-refractivity contribution >= 4 is 17.7 Å². The van der Waals surface area contributed by atoms with E-state index >= 15 is 0 Å². The lowest BCUT2D eigenvalue weighted by Gasteiger charge is -2.06. The molecule has 0 unspecified atom stereocenters. The highest BCUT2D eigenvalue weighted by Crippen LogP contribution is 2.16. The van der Waals surface area contributed by atoms with E-state index in [-0.39, 0.29) is 5.57 Å². The maximum Gasteiger partial charge on any atom is 0.266 e. The number of benzene rings is 2. The molecule has 1 amide bonds. The molecule has 2 aromatic rings. The minimum atomic E-state index is -0.401. The Balaban J connectivity index is 2.16. The predicted molar refractivity (Wildman–Crippen MR) is 89.2 cm³/mol. The van der Waals surface area contributed by atoms with Crippen LogP contribution in [0.3, 0.4) is 0 Å². The van der Waals surface area contributed by atoms with Gasteiger partial charge >= 0.3 is 0 Å². The van der Waals surface area contributed by atoms with Crippen LogP contribution in [0.25, 0.3) is 6.08 Å². The summed E-state index contributed by atoms with van der Waals surface area (Å²) >= 11 is 0. The summed E-state index contributed by atoms with van der Waals surface area (Å²) in [7, 11) is 0. The van der Waals surface area contributed by atoms with E-state index in [9.17, 15) is 10.1 Å². The molecule has 0 aliphatic rings. The number of nitrogens with zero attached hydrogens (tertiary/aromatic N) is 1. The van der Waals surface area contributed by atoms with Crippen molar-refractivity contribution in [1.29, 1.82) is 5.26 Å². The zero-order valence-corrected chi connectivity index (χ0v) is 12.7. The minimum Gasteiger partial charge on any atom is -0.321 e. The molecule has 2 rings (SSSR count). The van der Waals surface area contributed by atoms with Crippen LogP contribution in [-0.4, -0.2) is 5.91 Å². The zero-order chi connectivity index (χ0) is 15.9. The summed E-state index contributed by atoms with van der Waals surface area (Å²) in [6.07, 6.45) is 1.60. The van der Waals surface area contributed by atoms with Gasteiger partial charge in [0, 0.05) is 5.69 Å². The molecule has 110 valence electrons. The Kier molecular flexibility index (Phi) is 5.11. The van der Waals surface area contributed by atoms with Gasteiger partial charge in [0.1, 0.15) is 11.6 Å². The van der Waals surface area contributed by atoms with Crippen LogP contribution in [0.1, 0.15) is 30.9 Å². The fourth-order valence-electron chi connectivity index (χ4n) is 2.01. The maximum absolute atomic E-state index is 12.1. The molecule has 0 aliphatic carbocycles. The molecule has 0 atom stereocenters. The first-order valence-electron chi connectivity index (χ1n) is 7.18. The SMILES string of the molecule is CC(C)c1ccc(/C=C(\C#N)C(=O)Nc2ccccc2)cc1. The highest BCUT2D eigenvalue weighted by molar-refractivity contribution is 6.09. The largest absolute Gasteiger partial charge is 0.321 e. The Morgan fingerprint density at radius 2 is 1.73 bits per heavy atom. The van der Waals surface area contributed by atoms with Crippen LogP contribution < -0.4 is 5.32 Å². The van der Waals surface area contributed by atoms with E-state index in [0.29, 0.717) is 11.6 Å². The highest BCUT2D eigenvalue weighted by atomic mass is 16.1. The molecule has 0 saturated carbocycles. The van der Waals surface area contributed by atoms with Gasteiger partial charge in [0.25, 0.3) is 5.91 Å². The second-order valence-corrected chi connectivity index (χ2v) is 5.31. The molecule has 2 aromatic carbocycles. The number of carbonyl (C=O) groups excluding carboxylic acids is 1. The lowest BCUT2D eigenvalue weighted by atomic mass is 10.0. The third-order valence-electron chi connectivity index (χ3n) is 3.31. The molecule has 3 nitrogen and oxygen atoms in total. The van der Waals surface area contributed by atoms with Gasteiger partial charge in [-0.05, 0) is 35.3 Å². The van der Waals surface area contributed by atoms with E-state index in [2.05, 4.69) is 19.2 Å². The molecule has 0 spiro atoms. The second kappa shape index (κ2) is 7.24. The normalized spacial score (nSPS) is 11.1. The summed E-state index contributed by atoms with van der Waals surface area (Å²) < 4.78 is 0. The van der Waals surface area contributed by atoms with Crippen molar-refractivity contribution in [3.8, 4) is 6.07 Å². The van der Waals surface area contributed by atoms with Crippen LogP contribution in [0, 0.1) is 11.3 Å². The van der Waals surface area contributed by atoms with Crippen LogP contribution in [0.4, 0.5) is 5.69 Å². The summed E-state index contributed by atoms with van der Waals surface area (Å²) in [6, 6.07) is 18.9. The molecule has 22 heavy (non-hydrogen) atoms. The van der Waals surface area contributed by atoms with Gasteiger partial charge in [-0.25, -0.2) is 0 Å². The van der Waals surface area contributed by atoms with Gasteiger partial charge < -0.3 is 5.32 Å². The number of hydrogen-bond acceptors (Lipinski definition) is 2. The van der Waals surface area contributed by atoms with Crippen LogP contribution in [0.15, 0.2) is 60.2 Å². The number of nitrogens with one attached hydrogen (secondary N) is 1. The summed E-state index contributed by atoms with van der Waals surface area (Å²) in [5.41, 5.74) is 2.82. The van der Waals surface area contributed by atoms with Crippen LogP contribution in [-0.2, 0) is 4.79 Å². The quantitative estimate of drug-likeness (QED) is 0.672.